The highest BCUT2D eigenvalue weighted by Crippen LogP contribution is 2.24. The summed E-state index contributed by atoms with van der Waals surface area (Å²) in [5.41, 5.74) is 1.90. The summed E-state index contributed by atoms with van der Waals surface area (Å²) in [6.45, 7) is 9.13. The van der Waals surface area contributed by atoms with Gasteiger partial charge in [0.15, 0.2) is 6.29 Å². The summed E-state index contributed by atoms with van der Waals surface area (Å²) in [6.07, 6.45) is 1.82. The maximum absolute atomic E-state index is 10.9. The van der Waals surface area contributed by atoms with Crippen molar-refractivity contribution in [2.45, 2.75) is 34.1 Å². The Balaban J connectivity index is 2.70. The van der Waals surface area contributed by atoms with Crippen molar-refractivity contribution in [1.82, 2.24) is 0 Å². The summed E-state index contributed by atoms with van der Waals surface area (Å²) >= 11 is 0. The smallest absolute Gasteiger partial charge is 0.153 e. The number of hydrogen-bond acceptors (Lipinski definition) is 2. The van der Waals surface area contributed by atoms with E-state index >= 15 is 0 Å². The van der Waals surface area contributed by atoms with E-state index in [1.165, 1.54) is 0 Å². The van der Waals surface area contributed by atoms with Crippen molar-refractivity contribution in [1.29, 1.82) is 0 Å². The molecule has 0 unspecified atom stereocenters. The van der Waals surface area contributed by atoms with Crippen LogP contribution < -0.4 is 4.74 Å². The van der Waals surface area contributed by atoms with E-state index in [1.54, 1.807) is 6.07 Å². The van der Waals surface area contributed by atoms with Crippen LogP contribution in [0.5, 0.6) is 5.75 Å². The SMILES string of the molecule is Cc1cccc(C=O)c1OCCC(C)(C)C. The first-order valence-corrected chi connectivity index (χ1v) is 5.61. The second-order valence-electron chi connectivity index (χ2n) is 5.27. The highest BCUT2D eigenvalue weighted by Gasteiger charge is 2.11. The summed E-state index contributed by atoms with van der Waals surface area (Å²) in [7, 11) is 0. The first-order chi connectivity index (χ1) is 7.44. The third-order valence-electron chi connectivity index (χ3n) is 2.47. The zero-order valence-corrected chi connectivity index (χ0v) is 10.5. The second-order valence-corrected chi connectivity index (χ2v) is 5.27. The van der Waals surface area contributed by atoms with Gasteiger partial charge >= 0.3 is 0 Å². The fourth-order valence-electron chi connectivity index (χ4n) is 1.42. The van der Waals surface area contributed by atoms with Crippen LogP contribution in [0.25, 0.3) is 0 Å². The van der Waals surface area contributed by atoms with Gasteiger partial charge in [-0.1, -0.05) is 32.9 Å². The van der Waals surface area contributed by atoms with Crippen molar-refractivity contribution in [2.24, 2.45) is 5.41 Å². The Bertz CT molecular complexity index is 361. The minimum absolute atomic E-state index is 0.254. The van der Waals surface area contributed by atoms with Crippen LogP contribution in [0.2, 0.25) is 0 Å². The van der Waals surface area contributed by atoms with Gasteiger partial charge in [0.05, 0.1) is 12.2 Å². The van der Waals surface area contributed by atoms with E-state index in [0.29, 0.717) is 12.2 Å². The predicted octanol–water partition coefficient (Wildman–Crippen LogP) is 3.62. The van der Waals surface area contributed by atoms with Crippen LogP contribution in [0.4, 0.5) is 0 Å². The molecule has 2 heteroatoms. The van der Waals surface area contributed by atoms with Crippen LogP contribution in [0.3, 0.4) is 0 Å². The molecule has 16 heavy (non-hydrogen) atoms. The summed E-state index contributed by atoms with van der Waals surface area (Å²) in [4.78, 5) is 10.9. The monoisotopic (exact) mass is 220 g/mol. The zero-order chi connectivity index (χ0) is 12.2. The molecule has 0 fully saturated rings. The molecule has 0 radical (unpaired) electrons. The molecule has 1 aromatic carbocycles. The van der Waals surface area contributed by atoms with Gasteiger partial charge in [0.25, 0.3) is 0 Å². The number of ether oxygens (including phenoxy) is 1. The number of rotatable bonds is 4. The van der Waals surface area contributed by atoms with Crippen LogP contribution in [-0.2, 0) is 0 Å². The molecule has 0 saturated heterocycles. The molecule has 1 rings (SSSR count). The molecule has 0 aliphatic rings. The molecule has 0 amide bonds. The molecule has 0 heterocycles. The zero-order valence-electron chi connectivity index (χ0n) is 10.5. The van der Waals surface area contributed by atoms with Crippen LogP contribution in [0.15, 0.2) is 18.2 Å². The quantitative estimate of drug-likeness (QED) is 0.724. The van der Waals surface area contributed by atoms with Gasteiger partial charge in [0.2, 0.25) is 0 Å². The fourth-order valence-corrected chi connectivity index (χ4v) is 1.42. The van der Waals surface area contributed by atoms with E-state index in [9.17, 15) is 4.79 Å². The lowest BCUT2D eigenvalue weighted by Crippen LogP contribution is -2.12. The predicted molar refractivity (Wildman–Crippen MR) is 66.1 cm³/mol. The fraction of sp³-hybridized carbons (Fsp3) is 0.500. The third kappa shape index (κ3) is 3.69. The van der Waals surface area contributed by atoms with Crippen LogP contribution in [0, 0.1) is 12.3 Å². The largest absolute Gasteiger partial charge is 0.493 e. The molecule has 2 nitrogen and oxygen atoms in total. The summed E-state index contributed by atoms with van der Waals surface area (Å²) in [5.74, 6) is 0.724. The molecule has 0 aliphatic heterocycles. The molecule has 0 aliphatic carbocycles. The number of carbonyl (C=O) groups is 1. The molecule has 0 atom stereocenters. The Labute approximate surface area is 97.6 Å². The average Bonchev–Trinajstić information content (AvgIpc) is 2.18. The molecular formula is C14H20O2. The molecule has 0 spiro atoms. The van der Waals surface area contributed by atoms with Crippen LogP contribution in [0.1, 0.15) is 43.1 Å². The number of benzene rings is 1. The van der Waals surface area contributed by atoms with Gasteiger partial charge in [-0.3, -0.25) is 4.79 Å². The van der Waals surface area contributed by atoms with Crippen molar-refractivity contribution in [3.63, 3.8) is 0 Å². The Morgan fingerprint density at radius 3 is 2.56 bits per heavy atom. The van der Waals surface area contributed by atoms with E-state index in [0.717, 1.165) is 24.0 Å². The first kappa shape index (κ1) is 12.8. The Kier molecular flexibility index (Phi) is 4.11. The third-order valence-corrected chi connectivity index (χ3v) is 2.47. The lowest BCUT2D eigenvalue weighted by atomic mass is 9.93. The van der Waals surface area contributed by atoms with E-state index < -0.39 is 0 Å². The van der Waals surface area contributed by atoms with Crippen molar-refractivity contribution in [3.05, 3.63) is 29.3 Å². The van der Waals surface area contributed by atoms with Gasteiger partial charge in [-0.05, 0) is 30.4 Å². The van der Waals surface area contributed by atoms with Gasteiger partial charge in [0.1, 0.15) is 5.75 Å². The maximum Gasteiger partial charge on any atom is 0.153 e. The van der Waals surface area contributed by atoms with Crippen LogP contribution in [-0.4, -0.2) is 12.9 Å². The molecule has 0 aromatic heterocycles. The van der Waals surface area contributed by atoms with Crippen molar-refractivity contribution in [2.75, 3.05) is 6.61 Å². The number of hydrogen-bond donors (Lipinski definition) is 0. The molecule has 1 aromatic rings. The Hall–Kier alpha value is -1.31. The van der Waals surface area contributed by atoms with Crippen LogP contribution >= 0.6 is 0 Å². The lowest BCUT2D eigenvalue weighted by molar-refractivity contribution is 0.111. The van der Waals surface area contributed by atoms with Gasteiger partial charge in [-0.25, -0.2) is 0 Å². The first-order valence-electron chi connectivity index (χ1n) is 5.61. The van der Waals surface area contributed by atoms with E-state index in [1.807, 2.05) is 19.1 Å². The lowest BCUT2D eigenvalue weighted by Gasteiger charge is -2.19. The van der Waals surface area contributed by atoms with Crippen molar-refractivity contribution >= 4 is 6.29 Å². The molecule has 0 saturated carbocycles. The van der Waals surface area contributed by atoms with Gasteiger partial charge in [0, 0.05) is 0 Å². The van der Waals surface area contributed by atoms with Crippen molar-refractivity contribution < 1.29 is 9.53 Å². The topological polar surface area (TPSA) is 26.3 Å². The number of para-hydroxylation sites is 1. The molecular weight excluding hydrogens is 200 g/mol. The number of aryl methyl sites for hydroxylation is 1. The minimum Gasteiger partial charge on any atom is -0.493 e. The van der Waals surface area contributed by atoms with E-state index in [4.69, 9.17) is 4.74 Å². The number of aldehydes is 1. The molecule has 0 bridgehead atoms. The summed E-state index contributed by atoms with van der Waals surface area (Å²) < 4.78 is 5.70. The average molecular weight is 220 g/mol. The van der Waals surface area contributed by atoms with E-state index in [2.05, 4.69) is 20.8 Å². The normalized spacial score (nSPS) is 11.2. The highest BCUT2D eigenvalue weighted by atomic mass is 16.5. The van der Waals surface area contributed by atoms with E-state index in [-0.39, 0.29) is 5.41 Å². The Morgan fingerprint density at radius 2 is 2.00 bits per heavy atom. The molecule has 88 valence electrons. The van der Waals surface area contributed by atoms with Gasteiger partial charge in [-0.2, -0.15) is 0 Å². The standard InChI is InChI=1S/C14H20O2/c1-11-6-5-7-12(10-15)13(11)16-9-8-14(2,3)4/h5-7,10H,8-9H2,1-4H3. The maximum atomic E-state index is 10.9. The van der Waals surface area contributed by atoms with Gasteiger partial charge < -0.3 is 4.74 Å². The van der Waals surface area contributed by atoms with Gasteiger partial charge in [-0.15, -0.1) is 0 Å². The van der Waals surface area contributed by atoms with Crippen molar-refractivity contribution in [3.8, 4) is 5.75 Å². The second kappa shape index (κ2) is 5.15. The molecule has 0 N–H and O–H groups in total. The summed E-state index contributed by atoms with van der Waals surface area (Å²) in [5, 5.41) is 0. The number of carbonyl (C=O) groups excluding carboxylic acids is 1. The Morgan fingerprint density at radius 1 is 1.31 bits per heavy atom. The summed E-state index contributed by atoms with van der Waals surface area (Å²) in [6, 6.07) is 5.61. The highest BCUT2D eigenvalue weighted by molar-refractivity contribution is 5.80. The minimum atomic E-state index is 0.254.